The number of hydrogen-bond acceptors (Lipinski definition) is 4. The summed E-state index contributed by atoms with van der Waals surface area (Å²) in [4.78, 5) is 24.4. The fraction of sp³-hybridized carbons (Fsp3) is 0.238. The van der Waals surface area contributed by atoms with Gasteiger partial charge in [0.05, 0.1) is 7.11 Å². The van der Waals surface area contributed by atoms with Crippen molar-refractivity contribution in [3.63, 3.8) is 0 Å². The van der Waals surface area contributed by atoms with Gasteiger partial charge in [0.2, 0.25) is 0 Å². The highest BCUT2D eigenvalue weighted by Crippen LogP contribution is 2.28. The van der Waals surface area contributed by atoms with Crippen LogP contribution in [-0.4, -0.2) is 32.0 Å². The molecule has 0 aliphatic carbocycles. The molecule has 2 N–H and O–H groups in total. The number of amides is 2. The number of aryl methyl sites for hydroxylation is 2. The van der Waals surface area contributed by atoms with Gasteiger partial charge >= 0.3 is 0 Å². The van der Waals surface area contributed by atoms with Crippen molar-refractivity contribution in [2.75, 3.05) is 20.2 Å². The summed E-state index contributed by atoms with van der Waals surface area (Å²) in [6, 6.07) is 9.61. The summed E-state index contributed by atoms with van der Waals surface area (Å²) >= 11 is 0. The zero-order valence-corrected chi connectivity index (χ0v) is 15.9. The number of halogens is 1. The van der Waals surface area contributed by atoms with Crippen LogP contribution in [0, 0.1) is 19.7 Å². The highest BCUT2D eigenvalue weighted by molar-refractivity contribution is 5.99. The molecule has 1 aromatic heterocycles. The van der Waals surface area contributed by atoms with E-state index in [-0.39, 0.29) is 30.3 Å². The van der Waals surface area contributed by atoms with E-state index in [0.717, 1.165) is 5.39 Å². The third kappa shape index (κ3) is 3.98. The first-order valence-electron chi connectivity index (χ1n) is 8.80. The van der Waals surface area contributed by atoms with Crippen molar-refractivity contribution in [2.45, 2.75) is 13.8 Å². The molecule has 0 spiro atoms. The minimum atomic E-state index is -0.432. The van der Waals surface area contributed by atoms with Crippen LogP contribution in [0.25, 0.3) is 11.0 Å². The van der Waals surface area contributed by atoms with Crippen molar-refractivity contribution in [1.82, 2.24) is 10.6 Å². The van der Waals surface area contributed by atoms with Gasteiger partial charge in [-0.2, -0.15) is 0 Å². The number of rotatable bonds is 6. The summed E-state index contributed by atoms with van der Waals surface area (Å²) in [5.74, 6) is -0.310. The molecule has 0 fully saturated rings. The Hall–Kier alpha value is -3.35. The van der Waals surface area contributed by atoms with E-state index in [2.05, 4.69) is 10.6 Å². The lowest BCUT2D eigenvalue weighted by Crippen LogP contribution is -2.34. The average Bonchev–Trinajstić information content (AvgIpc) is 3.03. The quantitative estimate of drug-likeness (QED) is 0.639. The predicted octanol–water partition coefficient (Wildman–Crippen LogP) is 3.36. The smallest absolute Gasteiger partial charge is 0.287 e. The molecule has 28 heavy (non-hydrogen) atoms. The Morgan fingerprint density at radius 3 is 2.43 bits per heavy atom. The second kappa shape index (κ2) is 8.12. The molecule has 2 amide bonds. The second-order valence-electron chi connectivity index (χ2n) is 6.39. The Labute approximate surface area is 161 Å². The molecule has 6 nitrogen and oxygen atoms in total. The standard InChI is InChI=1S/C21H21FN2O4/c1-12-4-5-14(10-17(12)22)20(25)23-8-9-24-21(26)19-13(2)16-11-15(27-3)6-7-18(16)28-19/h4-7,10-11H,8-9H2,1-3H3,(H,23,25)(H,24,26). The molecule has 0 atom stereocenters. The Morgan fingerprint density at radius 2 is 1.75 bits per heavy atom. The van der Waals surface area contributed by atoms with Crippen LogP contribution in [0.4, 0.5) is 4.39 Å². The number of hydrogen-bond donors (Lipinski definition) is 2. The van der Waals surface area contributed by atoms with Gasteiger partial charge in [-0.1, -0.05) is 6.07 Å². The molecule has 0 saturated carbocycles. The third-order valence-corrected chi connectivity index (χ3v) is 4.48. The molecule has 0 unspecified atom stereocenters. The first-order chi connectivity index (χ1) is 13.4. The first-order valence-corrected chi connectivity index (χ1v) is 8.80. The SMILES string of the molecule is COc1ccc2oc(C(=O)NCCNC(=O)c3ccc(C)c(F)c3)c(C)c2c1. The van der Waals surface area contributed by atoms with Crippen LogP contribution in [-0.2, 0) is 0 Å². The fourth-order valence-electron chi connectivity index (χ4n) is 2.81. The number of carbonyl (C=O) groups is 2. The van der Waals surface area contributed by atoms with Gasteiger partial charge in [0.25, 0.3) is 11.8 Å². The molecule has 0 aliphatic heterocycles. The Bertz CT molecular complexity index is 1040. The molecule has 1 heterocycles. The number of furan rings is 1. The molecule has 7 heteroatoms. The van der Waals surface area contributed by atoms with Gasteiger partial charge in [0, 0.05) is 29.6 Å². The van der Waals surface area contributed by atoms with Crippen molar-refractivity contribution in [1.29, 1.82) is 0 Å². The molecular weight excluding hydrogens is 363 g/mol. The summed E-state index contributed by atoms with van der Waals surface area (Å²) in [5.41, 5.74) is 2.02. The molecule has 0 bridgehead atoms. The first kappa shape index (κ1) is 19.4. The summed E-state index contributed by atoms with van der Waals surface area (Å²) < 4.78 is 24.4. The second-order valence-corrected chi connectivity index (χ2v) is 6.39. The normalized spacial score (nSPS) is 10.7. The lowest BCUT2D eigenvalue weighted by atomic mass is 10.1. The molecule has 2 aromatic carbocycles. The molecule has 146 valence electrons. The van der Waals surface area contributed by atoms with Crippen LogP contribution in [0.5, 0.6) is 5.75 Å². The van der Waals surface area contributed by atoms with Gasteiger partial charge in [0.15, 0.2) is 5.76 Å². The largest absolute Gasteiger partial charge is 0.497 e. The maximum Gasteiger partial charge on any atom is 0.287 e. The predicted molar refractivity (Wildman–Crippen MR) is 103 cm³/mol. The van der Waals surface area contributed by atoms with E-state index in [1.54, 1.807) is 45.2 Å². The summed E-state index contributed by atoms with van der Waals surface area (Å²) in [6.07, 6.45) is 0. The Kier molecular flexibility index (Phi) is 5.63. The maximum atomic E-state index is 13.5. The van der Waals surface area contributed by atoms with Crippen molar-refractivity contribution in [2.24, 2.45) is 0 Å². The van der Waals surface area contributed by atoms with Gasteiger partial charge < -0.3 is 19.8 Å². The van der Waals surface area contributed by atoms with Gasteiger partial charge in [0.1, 0.15) is 17.1 Å². The molecule has 3 rings (SSSR count). The molecule has 3 aromatic rings. The van der Waals surface area contributed by atoms with Gasteiger partial charge in [-0.3, -0.25) is 9.59 Å². The van der Waals surface area contributed by atoms with E-state index in [9.17, 15) is 14.0 Å². The monoisotopic (exact) mass is 384 g/mol. The summed E-state index contributed by atoms with van der Waals surface area (Å²) in [6.45, 7) is 3.84. The van der Waals surface area contributed by atoms with Crippen LogP contribution >= 0.6 is 0 Å². The number of fused-ring (bicyclic) bond motifs is 1. The number of nitrogens with one attached hydrogen (secondary N) is 2. The van der Waals surface area contributed by atoms with Crippen molar-refractivity contribution in [3.05, 3.63) is 64.7 Å². The Morgan fingerprint density at radius 1 is 1.04 bits per heavy atom. The van der Waals surface area contributed by atoms with E-state index in [4.69, 9.17) is 9.15 Å². The topological polar surface area (TPSA) is 80.6 Å². The van der Waals surface area contributed by atoms with Crippen molar-refractivity contribution < 1.29 is 23.1 Å². The molecular formula is C21H21FN2O4. The number of ether oxygens (including phenoxy) is 1. The van der Waals surface area contributed by atoms with Crippen molar-refractivity contribution in [3.8, 4) is 5.75 Å². The number of methoxy groups -OCH3 is 1. The van der Waals surface area contributed by atoms with Crippen molar-refractivity contribution >= 4 is 22.8 Å². The number of carbonyl (C=O) groups excluding carboxylic acids is 2. The van der Waals surface area contributed by atoms with Gasteiger partial charge in [-0.25, -0.2) is 4.39 Å². The fourth-order valence-corrected chi connectivity index (χ4v) is 2.81. The zero-order valence-electron chi connectivity index (χ0n) is 15.9. The lowest BCUT2D eigenvalue weighted by Gasteiger charge is -2.07. The molecule has 0 radical (unpaired) electrons. The van der Waals surface area contributed by atoms with Gasteiger partial charge in [-0.15, -0.1) is 0 Å². The van der Waals surface area contributed by atoms with Gasteiger partial charge in [-0.05, 0) is 49.7 Å². The molecule has 0 aliphatic rings. The van der Waals surface area contributed by atoms with Crippen LogP contribution < -0.4 is 15.4 Å². The summed E-state index contributed by atoms with van der Waals surface area (Å²) in [5, 5.41) is 6.15. The average molecular weight is 384 g/mol. The van der Waals surface area contributed by atoms with Crippen LogP contribution in [0.15, 0.2) is 40.8 Å². The van der Waals surface area contributed by atoms with Crippen LogP contribution in [0.1, 0.15) is 32.0 Å². The molecule has 0 saturated heterocycles. The van der Waals surface area contributed by atoms with E-state index in [0.29, 0.717) is 22.5 Å². The Balaban J connectivity index is 1.57. The number of benzene rings is 2. The summed E-state index contributed by atoms with van der Waals surface area (Å²) in [7, 11) is 1.57. The maximum absolute atomic E-state index is 13.5. The zero-order chi connectivity index (χ0) is 20.3. The van der Waals surface area contributed by atoms with E-state index in [1.165, 1.54) is 6.07 Å². The highest BCUT2D eigenvalue weighted by atomic mass is 19.1. The highest BCUT2D eigenvalue weighted by Gasteiger charge is 2.18. The third-order valence-electron chi connectivity index (χ3n) is 4.48. The van der Waals surface area contributed by atoms with E-state index < -0.39 is 11.7 Å². The van der Waals surface area contributed by atoms with Crippen LogP contribution in [0.3, 0.4) is 0 Å². The van der Waals surface area contributed by atoms with E-state index >= 15 is 0 Å². The lowest BCUT2D eigenvalue weighted by molar-refractivity contribution is 0.0911. The minimum absolute atomic E-state index is 0.202. The van der Waals surface area contributed by atoms with Crippen LogP contribution in [0.2, 0.25) is 0 Å². The van der Waals surface area contributed by atoms with E-state index in [1.807, 2.05) is 6.07 Å². The minimum Gasteiger partial charge on any atom is -0.497 e.